The zero-order valence-electron chi connectivity index (χ0n) is 16.0. The van der Waals surface area contributed by atoms with Crippen molar-refractivity contribution in [3.63, 3.8) is 0 Å². The molecule has 0 aliphatic heterocycles. The van der Waals surface area contributed by atoms with Crippen LogP contribution in [0, 0.1) is 0 Å². The molecular weight excluding hydrogens is 362 g/mol. The SMILES string of the molecule is CC(C)c1ccc(NC(=O)C[N@+](C)(Cc2ccccc2)NC(=O)CCl)cc1. The van der Waals surface area contributed by atoms with Crippen molar-refractivity contribution in [2.75, 3.05) is 24.8 Å². The van der Waals surface area contributed by atoms with Gasteiger partial charge in [0.1, 0.15) is 12.4 Å². The maximum atomic E-state index is 12.6. The molecule has 0 spiro atoms. The van der Waals surface area contributed by atoms with E-state index in [9.17, 15) is 9.59 Å². The molecule has 0 fully saturated rings. The highest BCUT2D eigenvalue weighted by Crippen LogP contribution is 2.17. The first-order valence-electron chi connectivity index (χ1n) is 8.96. The van der Waals surface area contributed by atoms with Gasteiger partial charge in [-0.3, -0.25) is 9.59 Å². The molecule has 0 saturated heterocycles. The van der Waals surface area contributed by atoms with Crippen LogP contribution in [-0.4, -0.2) is 35.9 Å². The van der Waals surface area contributed by atoms with E-state index in [1.165, 1.54) is 5.56 Å². The number of carbonyl (C=O) groups excluding carboxylic acids is 2. The van der Waals surface area contributed by atoms with Crippen LogP contribution >= 0.6 is 11.6 Å². The second kappa shape index (κ2) is 9.53. The fourth-order valence-electron chi connectivity index (χ4n) is 2.92. The van der Waals surface area contributed by atoms with Gasteiger partial charge in [0, 0.05) is 11.3 Å². The number of quaternary nitrogens is 1. The Morgan fingerprint density at radius 2 is 1.63 bits per heavy atom. The summed E-state index contributed by atoms with van der Waals surface area (Å²) in [7, 11) is 1.80. The molecule has 2 N–H and O–H groups in total. The Hall–Kier alpha value is -2.37. The highest BCUT2D eigenvalue weighted by Gasteiger charge is 2.28. The first-order valence-corrected chi connectivity index (χ1v) is 9.50. The summed E-state index contributed by atoms with van der Waals surface area (Å²) < 4.78 is 0.0332. The smallest absolute Gasteiger partial charge is 0.281 e. The molecule has 6 heteroatoms. The number of nitrogens with one attached hydrogen (secondary N) is 2. The molecule has 2 aromatic carbocycles. The van der Waals surface area contributed by atoms with Crippen molar-refractivity contribution >= 4 is 29.1 Å². The maximum absolute atomic E-state index is 12.6. The summed E-state index contributed by atoms with van der Waals surface area (Å²) >= 11 is 5.65. The molecule has 2 aromatic rings. The zero-order chi connectivity index (χ0) is 19.9. The molecule has 0 saturated carbocycles. The molecule has 0 aliphatic rings. The van der Waals surface area contributed by atoms with Gasteiger partial charge in [-0.25, -0.2) is 10.0 Å². The van der Waals surface area contributed by atoms with Crippen LogP contribution in [0.4, 0.5) is 5.69 Å². The molecule has 0 aliphatic carbocycles. The summed E-state index contributed by atoms with van der Waals surface area (Å²) in [6.07, 6.45) is 0. The minimum Gasteiger partial charge on any atom is -0.321 e. The molecule has 0 aromatic heterocycles. The van der Waals surface area contributed by atoms with Gasteiger partial charge < -0.3 is 5.32 Å². The van der Waals surface area contributed by atoms with Gasteiger partial charge in [0.2, 0.25) is 0 Å². The number of likely N-dealkylation sites (N-methyl/N-ethyl adjacent to an activating group) is 1. The fourth-order valence-corrected chi connectivity index (χ4v) is 2.98. The van der Waals surface area contributed by atoms with Crippen molar-refractivity contribution in [2.24, 2.45) is 0 Å². The number of amides is 2. The quantitative estimate of drug-likeness (QED) is 0.412. The van der Waals surface area contributed by atoms with Crippen LogP contribution in [0.1, 0.15) is 30.9 Å². The van der Waals surface area contributed by atoms with Gasteiger partial charge in [-0.2, -0.15) is 0 Å². The van der Waals surface area contributed by atoms with Crippen LogP contribution in [0.5, 0.6) is 0 Å². The van der Waals surface area contributed by atoms with E-state index in [0.29, 0.717) is 12.5 Å². The van der Waals surface area contributed by atoms with Gasteiger partial charge in [-0.15, -0.1) is 11.6 Å². The monoisotopic (exact) mass is 388 g/mol. The van der Waals surface area contributed by atoms with Crippen molar-refractivity contribution < 1.29 is 14.2 Å². The molecule has 5 nitrogen and oxygen atoms in total. The number of alkyl halides is 1. The minimum atomic E-state index is -0.316. The summed E-state index contributed by atoms with van der Waals surface area (Å²) in [5, 5.41) is 2.90. The first kappa shape index (κ1) is 20.9. The average Bonchev–Trinajstić information content (AvgIpc) is 2.62. The predicted molar refractivity (Wildman–Crippen MR) is 109 cm³/mol. The van der Waals surface area contributed by atoms with Gasteiger partial charge in [-0.05, 0) is 23.6 Å². The van der Waals surface area contributed by atoms with E-state index in [4.69, 9.17) is 11.6 Å². The molecule has 0 unspecified atom stereocenters. The van der Waals surface area contributed by atoms with Gasteiger partial charge in [0.05, 0.1) is 7.05 Å². The number of rotatable bonds is 8. The van der Waals surface area contributed by atoms with Crippen molar-refractivity contribution in [1.82, 2.24) is 5.43 Å². The van der Waals surface area contributed by atoms with Crippen LogP contribution < -0.4 is 10.7 Å². The fraction of sp³-hybridized carbons (Fsp3) is 0.333. The van der Waals surface area contributed by atoms with Crippen molar-refractivity contribution in [3.05, 3.63) is 65.7 Å². The summed E-state index contributed by atoms with van der Waals surface area (Å²) in [5.74, 6) is -0.211. The lowest BCUT2D eigenvalue weighted by molar-refractivity contribution is -0.948. The van der Waals surface area contributed by atoms with Gasteiger partial charge in [0.15, 0.2) is 6.54 Å². The number of carbonyl (C=O) groups is 2. The lowest BCUT2D eigenvalue weighted by Crippen LogP contribution is -2.60. The summed E-state index contributed by atoms with van der Waals surface area (Å²) in [5.41, 5.74) is 5.81. The topological polar surface area (TPSA) is 58.2 Å². The predicted octanol–water partition coefficient (Wildman–Crippen LogP) is 3.67. The lowest BCUT2D eigenvalue weighted by atomic mass is 10.0. The Bertz CT molecular complexity index is 763. The number of hydrogen-bond donors (Lipinski definition) is 2. The van der Waals surface area contributed by atoms with Gasteiger partial charge in [0.25, 0.3) is 11.8 Å². The second-order valence-electron chi connectivity index (χ2n) is 7.19. The van der Waals surface area contributed by atoms with Crippen LogP contribution in [-0.2, 0) is 16.1 Å². The minimum absolute atomic E-state index is 0.0332. The number of hydrogen-bond acceptors (Lipinski definition) is 2. The first-order chi connectivity index (χ1) is 12.8. The maximum Gasteiger partial charge on any atom is 0.281 e. The summed E-state index contributed by atoms with van der Waals surface area (Å²) in [4.78, 5) is 24.5. The highest BCUT2D eigenvalue weighted by atomic mass is 35.5. The molecule has 0 radical (unpaired) electrons. The van der Waals surface area contributed by atoms with Crippen LogP contribution in [0.3, 0.4) is 0 Å². The molecule has 2 amide bonds. The number of benzene rings is 2. The van der Waals surface area contributed by atoms with Gasteiger partial charge >= 0.3 is 0 Å². The van der Waals surface area contributed by atoms with E-state index < -0.39 is 0 Å². The van der Waals surface area contributed by atoms with E-state index in [0.717, 1.165) is 11.3 Å². The third-order valence-electron chi connectivity index (χ3n) is 4.24. The van der Waals surface area contributed by atoms with Crippen LogP contribution in [0.25, 0.3) is 0 Å². The van der Waals surface area contributed by atoms with E-state index in [1.807, 2.05) is 54.6 Å². The number of halogens is 1. The lowest BCUT2D eigenvalue weighted by Gasteiger charge is -2.32. The number of nitrogens with zero attached hydrogens (tertiary/aromatic N) is 1. The molecular formula is C21H27ClN3O2+. The second-order valence-corrected chi connectivity index (χ2v) is 7.46. The third-order valence-corrected chi connectivity index (χ3v) is 4.49. The van der Waals surface area contributed by atoms with E-state index in [-0.39, 0.29) is 28.8 Å². The highest BCUT2D eigenvalue weighted by molar-refractivity contribution is 6.27. The Morgan fingerprint density at radius 1 is 1.00 bits per heavy atom. The van der Waals surface area contributed by atoms with E-state index >= 15 is 0 Å². The Labute approximate surface area is 165 Å². The van der Waals surface area contributed by atoms with Crippen molar-refractivity contribution in [3.8, 4) is 0 Å². The molecule has 0 bridgehead atoms. The van der Waals surface area contributed by atoms with Gasteiger partial charge in [-0.1, -0.05) is 56.3 Å². The molecule has 1 atom stereocenters. The normalized spacial score (nSPS) is 13.1. The summed E-state index contributed by atoms with van der Waals surface area (Å²) in [6, 6.07) is 17.5. The Morgan fingerprint density at radius 3 is 2.19 bits per heavy atom. The Balaban J connectivity index is 2.08. The molecule has 2 rings (SSSR count). The summed E-state index contributed by atoms with van der Waals surface area (Å²) in [6.45, 7) is 4.81. The standard InChI is InChI=1S/C21H26ClN3O2/c1-16(2)18-9-11-19(12-10-18)23-21(27)15-25(3,24-20(26)13-22)14-17-7-5-4-6-8-17/h4-12,16H,13-15H2,1-3H3,(H-,23,24,26,27)/p+1/t25-/m0/s1. The van der Waals surface area contributed by atoms with Crippen molar-refractivity contribution in [1.29, 1.82) is 0 Å². The van der Waals surface area contributed by atoms with Crippen LogP contribution in [0.2, 0.25) is 0 Å². The largest absolute Gasteiger partial charge is 0.321 e. The van der Waals surface area contributed by atoms with Crippen LogP contribution in [0.15, 0.2) is 54.6 Å². The molecule has 144 valence electrons. The Kier molecular flexibility index (Phi) is 7.39. The molecule has 0 heterocycles. The third kappa shape index (κ3) is 6.70. The average molecular weight is 389 g/mol. The van der Waals surface area contributed by atoms with E-state index in [1.54, 1.807) is 7.05 Å². The molecule has 27 heavy (non-hydrogen) atoms. The van der Waals surface area contributed by atoms with E-state index in [2.05, 4.69) is 24.6 Å². The zero-order valence-corrected chi connectivity index (χ0v) is 16.8. The number of anilines is 1. The van der Waals surface area contributed by atoms with Crippen molar-refractivity contribution in [2.45, 2.75) is 26.3 Å².